The molecule has 16 heavy (non-hydrogen) atoms. The summed E-state index contributed by atoms with van der Waals surface area (Å²) in [6.07, 6.45) is 4.65. The van der Waals surface area contributed by atoms with Crippen molar-refractivity contribution in [1.29, 1.82) is 0 Å². The average molecular weight is 222 g/mol. The van der Waals surface area contributed by atoms with Gasteiger partial charge in [-0.25, -0.2) is 4.98 Å². The molecule has 1 aromatic heterocycles. The van der Waals surface area contributed by atoms with Crippen LogP contribution in [0.4, 0.5) is 5.95 Å². The summed E-state index contributed by atoms with van der Waals surface area (Å²) in [6, 6.07) is 0.584. The minimum absolute atomic E-state index is 0.584. The van der Waals surface area contributed by atoms with Crippen LogP contribution in [0.1, 0.15) is 25.5 Å². The van der Waals surface area contributed by atoms with E-state index in [0.717, 1.165) is 31.3 Å². The van der Waals surface area contributed by atoms with Gasteiger partial charge in [0.15, 0.2) is 0 Å². The van der Waals surface area contributed by atoms with Crippen molar-refractivity contribution in [1.82, 2.24) is 14.9 Å². The molecule has 0 saturated carbocycles. The summed E-state index contributed by atoms with van der Waals surface area (Å²) in [5.74, 6) is 1.11. The molecular weight excluding hydrogens is 200 g/mol. The number of likely N-dealkylation sites (N-methyl/N-ethyl adjacent to an activating group) is 1. The van der Waals surface area contributed by atoms with E-state index in [1.54, 1.807) is 0 Å². The van der Waals surface area contributed by atoms with E-state index in [0.29, 0.717) is 6.04 Å². The second kappa shape index (κ2) is 4.87. The summed E-state index contributed by atoms with van der Waals surface area (Å²) in [6.45, 7) is 7.44. The van der Waals surface area contributed by atoms with Gasteiger partial charge in [-0.1, -0.05) is 0 Å². The molecule has 1 saturated heterocycles. The van der Waals surface area contributed by atoms with Gasteiger partial charge in [-0.15, -0.1) is 0 Å². The van der Waals surface area contributed by atoms with Gasteiger partial charge >= 0.3 is 0 Å². The van der Waals surface area contributed by atoms with Gasteiger partial charge in [-0.2, -0.15) is 0 Å². The SMILES string of the molecule is CCn1cc(C)nc1N(C)C1CCCNC1. The zero-order valence-corrected chi connectivity index (χ0v) is 10.5. The Labute approximate surface area is 97.7 Å². The van der Waals surface area contributed by atoms with Crippen LogP contribution in [0.25, 0.3) is 0 Å². The Morgan fingerprint density at radius 1 is 1.62 bits per heavy atom. The third kappa shape index (κ3) is 2.21. The van der Waals surface area contributed by atoms with Crippen LogP contribution >= 0.6 is 0 Å². The molecule has 4 nitrogen and oxygen atoms in total. The van der Waals surface area contributed by atoms with Gasteiger partial charge in [0.05, 0.1) is 5.69 Å². The molecular formula is C12H22N4. The van der Waals surface area contributed by atoms with Crippen molar-refractivity contribution in [2.75, 3.05) is 25.0 Å². The van der Waals surface area contributed by atoms with E-state index in [1.807, 2.05) is 0 Å². The number of nitrogens with one attached hydrogen (secondary N) is 1. The molecule has 1 N–H and O–H groups in total. The lowest BCUT2D eigenvalue weighted by molar-refractivity contribution is 0.438. The number of nitrogens with zero attached hydrogens (tertiary/aromatic N) is 3. The average Bonchev–Trinajstić information content (AvgIpc) is 2.70. The summed E-state index contributed by atoms with van der Waals surface area (Å²) in [5, 5.41) is 3.45. The molecule has 0 spiro atoms. The quantitative estimate of drug-likeness (QED) is 0.839. The first-order valence-electron chi connectivity index (χ1n) is 6.19. The predicted octanol–water partition coefficient (Wildman–Crippen LogP) is 1.40. The number of aromatic nitrogens is 2. The van der Waals surface area contributed by atoms with Crippen LogP contribution < -0.4 is 10.2 Å². The number of rotatable bonds is 3. The zero-order valence-electron chi connectivity index (χ0n) is 10.5. The summed E-state index contributed by atoms with van der Waals surface area (Å²) >= 11 is 0. The van der Waals surface area contributed by atoms with Gasteiger partial charge in [0.1, 0.15) is 0 Å². The number of piperidine rings is 1. The third-order valence-electron chi connectivity index (χ3n) is 3.35. The molecule has 0 aliphatic carbocycles. The largest absolute Gasteiger partial charge is 0.341 e. The van der Waals surface area contributed by atoms with Gasteiger partial charge in [0, 0.05) is 32.4 Å². The molecule has 90 valence electrons. The minimum atomic E-state index is 0.584. The smallest absolute Gasteiger partial charge is 0.205 e. The van der Waals surface area contributed by atoms with Crippen molar-refractivity contribution in [2.45, 2.75) is 39.3 Å². The summed E-state index contributed by atoms with van der Waals surface area (Å²) in [4.78, 5) is 6.94. The van der Waals surface area contributed by atoms with Crippen LogP contribution in [-0.4, -0.2) is 35.7 Å². The van der Waals surface area contributed by atoms with Gasteiger partial charge in [0.25, 0.3) is 0 Å². The van der Waals surface area contributed by atoms with Crippen molar-refractivity contribution in [3.05, 3.63) is 11.9 Å². The normalized spacial score (nSPS) is 21.1. The number of hydrogen-bond acceptors (Lipinski definition) is 3. The Hall–Kier alpha value is -1.03. The highest BCUT2D eigenvalue weighted by molar-refractivity contribution is 5.34. The topological polar surface area (TPSA) is 33.1 Å². The van der Waals surface area contributed by atoms with Gasteiger partial charge in [0.2, 0.25) is 5.95 Å². The van der Waals surface area contributed by atoms with Crippen molar-refractivity contribution < 1.29 is 0 Å². The Balaban J connectivity index is 2.14. The second-order valence-corrected chi connectivity index (χ2v) is 4.58. The van der Waals surface area contributed by atoms with E-state index < -0.39 is 0 Å². The predicted molar refractivity (Wildman–Crippen MR) is 66.9 cm³/mol. The molecule has 0 bridgehead atoms. The van der Waals surface area contributed by atoms with Crippen LogP contribution in [0.15, 0.2) is 6.20 Å². The fourth-order valence-corrected chi connectivity index (χ4v) is 2.38. The molecule has 1 fully saturated rings. The maximum Gasteiger partial charge on any atom is 0.205 e. The van der Waals surface area contributed by atoms with Gasteiger partial charge in [-0.3, -0.25) is 0 Å². The van der Waals surface area contributed by atoms with Gasteiger partial charge < -0.3 is 14.8 Å². The first-order chi connectivity index (χ1) is 7.72. The lowest BCUT2D eigenvalue weighted by Crippen LogP contribution is -2.45. The summed E-state index contributed by atoms with van der Waals surface area (Å²) in [7, 11) is 2.16. The maximum atomic E-state index is 4.62. The standard InChI is InChI=1S/C12H22N4/c1-4-16-9-10(2)14-12(16)15(3)11-6-5-7-13-8-11/h9,11,13H,4-8H2,1-3H3. The number of imidazole rings is 1. The van der Waals surface area contributed by atoms with Crippen molar-refractivity contribution in [3.8, 4) is 0 Å². The number of hydrogen-bond donors (Lipinski definition) is 1. The fraction of sp³-hybridized carbons (Fsp3) is 0.750. The van der Waals surface area contributed by atoms with E-state index in [1.165, 1.54) is 12.8 Å². The first-order valence-corrected chi connectivity index (χ1v) is 6.19. The summed E-state index contributed by atoms with van der Waals surface area (Å²) < 4.78 is 2.23. The van der Waals surface area contributed by atoms with Crippen LogP contribution in [0.3, 0.4) is 0 Å². The van der Waals surface area contributed by atoms with Gasteiger partial charge in [-0.05, 0) is 33.2 Å². The molecule has 0 amide bonds. The molecule has 2 heterocycles. The molecule has 1 aliphatic rings. The Morgan fingerprint density at radius 2 is 2.44 bits per heavy atom. The second-order valence-electron chi connectivity index (χ2n) is 4.58. The van der Waals surface area contributed by atoms with E-state index >= 15 is 0 Å². The van der Waals surface area contributed by atoms with Crippen molar-refractivity contribution in [3.63, 3.8) is 0 Å². The molecule has 0 aromatic carbocycles. The van der Waals surface area contributed by atoms with Crippen LogP contribution in [0.5, 0.6) is 0 Å². The highest BCUT2D eigenvalue weighted by atomic mass is 15.3. The minimum Gasteiger partial charge on any atom is -0.341 e. The van der Waals surface area contributed by atoms with Crippen LogP contribution in [0.2, 0.25) is 0 Å². The molecule has 0 radical (unpaired) electrons. The zero-order chi connectivity index (χ0) is 11.5. The molecule has 1 aromatic rings. The Kier molecular flexibility index (Phi) is 3.49. The van der Waals surface area contributed by atoms with E-state index in [-0.39, 0.29) is 0 Å². The monoisotopic (exact) mass is 222 g/mol. The lowest BCUT2D eigenvalue weighted by Gasteiger charge is -2.32. The molecule has 2 rings (SSSR count). The lowest BCUT2D eigenvalue weighted by atomic mass is 10.1. The number of anilines is 1. The van der Waals surface area contributed by atoms with E-state index in [4.69, 9.17) is 0 Å². The van der Waals surface area contributed by atoms with Crippen LogP contribution in [-0.2, 0) is 6.54 Å². The Bertz CT molecular complexity index is 339. The highest BCUT2D eigenvalue weighted by Crippen LogP contribution is 2.18. The van der Waals surface area contributed by atoms with E-state index in [9.17, 15) is 0 Å². The third-order valence-corrected chi connectivity index (χ3v) is 3.35. The first kappa shape index (κ1) is 11.5. The fourth-order valence-electron chi connectivity index (χ4n) is 2.38. The molecule has 4 heteroatoms. The van der Waals surface area contributed by atoms with E-state index in [2.05, 4.69) is 46.9 Å². The summed E-state index contributed by atoms with van der Waals surface area (Å²) in [5.41, 5.74) is 1.10. The molecule has 1 unspecified atom stereocenters. The molecule has 1 atom stereocenters. The van der Waals surface area contributed by atoms with Crippen molar-refractivity contribution >= 4 is 5.95 Å². The maximum absolute atomic E-state index is 4.62. The number of aryl methyl sites for hydroxylation is 2. The van der Waals surface area contributed by atoms with Crippen molar-refractivity contribution in [2.24, 2.45) is 0 Å². The highest BCUT2D eigenvalue weighted by Gasteiger charge is 2.21. The van der Waals surface area contributed by atoms with Crippen LogP contribution in [0, 0.1) is 6.92 Å². The Morgan fingerprint density at radius 3 is 3.06 bits per heavy atom. The molecule has 1 aliphatic heterocycles.